The molecular formula is C24H14F4N2O2Ti. The van der Waals surface area contributed by atoms with Gasteiger partial charge in [-0.2, -0.15) is 12.2 Å². The van der Waals surface area contributed by atoms with E-state index < -0.39 is 23.3 Å². The molecule has 0 saturated carbocycles. The fourth-order valence-electron chi connectivity index (χ4n) is 1.82. The summed E-state index contributed by atoms with van der Waals surface area (Å²) in [5.74, 6) is -3.64. The van der Waals surface area contributed by atoms with Crippen molar-refractivity contribution >= 4 is 23.5 Å². The van der Waals surface area contributed by atoms with Crippen LogP contribution in [0.1, 0.15) is 12.8 Å². The molecule has 4 rings (SSSR count). The Morgan fingerprint density at radius 2 is 1.09 bits per heavy atom. The van der Waals surface area contributed by atoms with Gasteiger partial charge in [0, 0.05) is 34.6 Å². The predicted octanol–water partition coefficient (Wildman–Crippen LogP) is 6.07. The Balaban J connectivity index is 0.000000434. The van der Waals surface area contributed by atoms with Gasteiger partial charge in [-0.25, -0.2) is 61.4 Å². The largest absolute Gasteiger partial charge is 4.00 e. The second-order valence-electron chi connectivity index (χ2n) is 5.42. The SMILES string of the molecule is O=C=Nc1ccc(F)[c-]c1F.O=C=Nc1ccc(F)[c-]c1F.[C-]1=CC=CC1.[C-]1=CC=CC1.[Ti+4]. The van der Waals surface area contributed by atoms with E-state index in [1.807, 2.05) is 24.3 Å². The van der Waals surface area contributed by atoms with Crippen LogP contribution in [0.5, 0.6) is 0 Å². The van der Waals surface area contributed by atoms with Gasteiger partial charge in [-0.15, -0.1) is 49.2 Å². The van der Waals surface area contributed by atoms with Gasteiger partial charge in [0.1, 0.15) is 0 Å². The molecule has 4 nitrogen and oxygen atoms in total. The first-order valence-corrected chi connectivity index (χ1v) is 8.81. The van der Waals surface area contributed by atoms with E-state index in [0.717, 1.165) is 49.3 Å². The molecule has 9 heteroatoms. The van der Waals surface area contributed by atoms with E-state index in [9.17, 15) is 27.2 Å². The molecule has 2 aliphatic carbocycles. The Hall–Kier alpha value is -3.41. The van der Waals surface area contributed by atoms with Crippen molar-refractivity contribution < 1.29 is 48.9 Å². The van der Waals surface area contributed by atoms with Crippen LogP contribution in [0.2, 0.25) is 0 Å². The van der Waals surface area contributed by atoms with Crippen LogP contribution in [0, 0.1) is 47.6 Å². The van der Waals surface area contributed by atoms with Crippen molar-refractivity contribution in [1.29, 1.82) is 0 Å². The van der Waals surface area contributed by atoms with Crippen molar-refractivity contribution in [3.8, 4) is 0 Å². The minimum absolute atomic E-state index is 0. The third-order valence-electron chi connectivity index (χ3n) is 3.19. The van der Waals surface area contributed by atoms with Gasteiger partial charge in [-0.1, -0.05) is 0 Å². The maximum Gasteiger partial charge on any atom is 4.00 e. The summed E-state index contributed by atoms with van der Waals surface area (Å²) < 4.78 is 49.2. The number of carbonyl (C=O) groups excluding carboxylic acids is 2. The zero-order valence-corrected chi connectivity index (χ0v) is 18.5. The maximum absolute atomic E-state index is 12.5. The van der Waals surface area contributed by atoms with Crippen molar-refractivity contribution in [2.75, 3.05) is 0 Å². The molecule has 0 bridgehead atoms. The van der Waals surface area contributed by atoms with Crippen molar-refractivity contribution in [2.45, 2.75) is 12.8 Å². The van der Waals surface area contributed by atoms with E-state index in [-0.39, 0.29) is 33.1 Å². The summed E-state index contributed by atoms with van der Waals surface area (Å²) in [6, 6.07) is 7.42. The van der Waals surface area contributed by atoms with Gasteiger partial charge in [0.05, 0.1) is 0 Å². The Morgan fingerprint density at radius 3 is 1.30 bits per heavy atom. The summed E-state index contributed by atoms with van der Waals surface area (Å²) in [4.78, 5) is 25.2. The normalized spacial score (nSPS) is 11.3. The molecule has 164 valence electrons. The number of aliphatic imine (C=N–C) groups is 2. The molecule has 2 aromatic carbocycles. The Morgan fingerprint density at radius 1 is 0.697 bits per heavy atom. The minimum Gasteiger partial charge on any atom is -0.273 e. The fraction of sp³-hybridized carbons (Fsp3) is 0.0833. The van der Waals surface area contributed by atoms with Crippen LogP contribution in [0.15, 0.2) is 70.7 Å². The van der Waals surface area contributed by atoms with Crippen molar-refractivity contribution in [3.05, 3.63) is 108 Å². The van der Waals surface area contributed by atoms with Gasteiger partial charge < -0.3 is 0 Å². The summed E-state index contributed by atoms with van der Waals surface area (Å²) in [5.41, 5.74) is -0.525. The summed E-state index contributed by atoms with van der Waals surface area (Å²) in [7, 11) is 0. The maximum atomic E-state index is 12.5. The average Bonchev–Trinajstić information content (AvgIpc) is 3.52. The molecule has 0 fully saturated rings. The molecule has 0 aliphatic heterocycles. The molecule has 0 radical (unpaired) electrons. The quantitative estimate of drug-likeness (QED) is 0.170. The zero-order valence-electron chi connectivity index (χ0n) is 16.9. The van der Waals surface area contributed by atoms with Crippen LogP contribution in [-0.2, 0) is 31.3 Å². The van der Waals surface area contributed by atoms with Crippen LogP contribution in [0.4, 0.5) is 28.9 Å². The third kappa shape index (κ3) is 13.6. The van der Waals surface area contributed by atoms with E-state index in [0.29, 0.717) is 0 Å². The summed E-state index contributed by atoms with van der Waals surface area (Å²) in [5, 5.41) is 0. The Kier molecular flexibility index (Phi) is 16.3. The predicted molar refractivity (Wildman–Crippen MR) is 109 cm³/mol. The Bertz CT molecular complexity index is 994. The number of nitrogens with zero attached hydrogens (tertiary/aromatic N) is 2. The molecule has 0 N–H and O–H groups in total. The first kappa shape index (κ1) is 29.6. The molecule has 0 unspecified atom stereocenters. The van der Waals surface area contributed by atoms with E-state index in [1.54, 1.807) is 12.1 Å². The standard InChI is InChI=1S/2C7H2F2NO.2C5H5.Ti/c2*8-5-1-2-7(10-4-11)6(9)3-5;2*1-2-4-5-3-1;/h2*1-2H;2*1-3H,4H2;/q4*-1;+4. The third-order valence-corrected chi connectivity index (χ3v) is 3.19. The molecule has 0 heterocycles. The van der Waals surface area contributed by atoms with Crippen molar-refractivity contribution in [2.24, 2.45) is 9.98 Å². The fourth-order valence-corrected chi connectivity index (χ4v) is 1.82. The van der Waals surface area contributed by atoms with E-state index in [1.165, 1.54) is 0 Å². The van der Waals surface area contributed by atoms with Gasteiger partial charge in [0.15, 0.2) is 0 Å². The monoisotopic (exact) mass is 486 g/mol. The zero-order chi connectivity index (χ0) is 23.6. The number of hydrogen-bond acceptors (Lipinski definition) is 4. The van der Waals surface area contributed by atoms with Crippen LogP contribution in [0.3, 0.4) is 0 Å². The summed E-state index contributed by atoms with van der Waals surface area (Å²) in [6.45, 7) is 0. The van der Waals surface area contributed by atoms with E-state index in [2.05, 4.69) is 34.3 Å². The van der Waals surface area contributed by atoms with Gasteiger partial charge in [-0.3, -0.25) is 12.2 Å². The van der Waals surface area contributed by atoms with Crippen molar-refractivity contribution in [3.63, 3.8) is 0 Å². The number of halogens is 4. The number of isocyanates is 2. The minimum atomic E-state index is -0.992. The molecule has 33 heavy (non-hydrogen) atoms. The van der Waals surface area contributed by atoms with Crippen LogP contribution in [0.25, 0.3) is 0 Å². The topological polar surface area (TPSA) is 58.9 Å². The molecule has 0 amide bonds. The summed E-state index contributed by atoms with van der Waals surface area (Å²) in [6.07, 6.45) is 22.3. The van der Waals surface area contributed by atoms with E-state index >= 15 is 0 Å². The number of hydrogen-bond donors (Lipinski definition) is 0. The molecular weight excluding hydrogens is 472 g/mol. The van der Waals surface area contributed by atoms with Gasteiger partial charge in [0.25, 0.3) is 0 Å². The van der Waals surface area contributed by atoms with E-state index in [4.69, 9.17) is 0 Å². The van der Waals surface area contributed by atoms with Crippen LogP contribution in [-0.4, -0.2) is 12.2 Å². The molecule has 0 spiro atoms. The number of rotatable bonds is 2. The molecule has 0 saturated heterocycles. The second-order valence-corrected chi connectivity index (χ2v) is 5.42. The first-order chi connectivity index (χ1) is 15.5. The second kappa shape index (κ2) is 18.2. The first-order valence-electron chi connectivity index (χ1n) is 8.81. The van der Waals surface area contributed by atoms with Crippen LogP contribution < -0.4 is 0 Å². The molecule has 0 atom stereocenters. The Labute approximate surface area is 203 Å². The van der Waals surface area contributed by atoms with Gasteiger partial charge in [0.2, 0.25) is 12.2 Å². The molecule has 2 aromatic rings. The van der Waals surface area contributed by atoms with Crippen LogP contribution >= 0.6 is 0 Å². The number of allylic oxidation sites excluding steroid dienone is 8. The summed E-state index contributed by atoms with van der Waals surface area (Å²) >= 11 is 0. The van der Waals surface area contributed by atoms with Gasteiger partial charge in [-0.05, 0) is 0 Å². The van der Waals surface area contributed by atoms with Gasteiger partial charge >= 0.3 is 21.7 Å². The smallest absolute Gasteiger partial charge is 0.273 e. The molecule has 0 aromatic heterocycles. The van der Waals surface area contributed by atoms with Crippen molar-refractivity contribution in [1.82, 2.24) is 0 Å². The number of benzene rings is 2. The molecule has 2 aliphatic rings. The average molecular weight is 486 g/mol.